The Hall–Kier alpha value is -3.50. The summed E-state index contributed by atoms with van der Waals surface area (Å²) in [6, 6.07) is 11.1. The van der Waals surface area contributed by atoms with Crippen molar-refractivity contribution < 1.29 is 14.3 Å². The maximum atomic E-state index is 12.1. The maximum absolute atomic E-state index is 12.1. The highest BCUT2D eigenvalue weighted by Crippen LogP contribution is 2.20. The molecule has 3 aromatic rings. The highest BCUT2D eigenvalue weighted by Gasteiger charge is 2.12. The zero-order chi connectivity index (χ0) is 18.5. The lowest BCUT2D eigenvalue weighted by atomic mass is 10.2. The molecule has 0 aliphatic heterocycles. The number of esters is 1. The van der Waals surface area contributed by atoms with Crippen LogP contribution in [0.1, 0.15) is 15.9 Å². The molecule has 1 N–H and O–H groups in total. The number of hydrogen-bond donors (Lipinski definition) is 1. The number of nitrogens with zero attached hydrogens (tertiary/aromatic N) is 3. The van der Waals surface area contributed by atoms with Crippen molar-refractivity contribution in [2.24, 2.45) is 0 Å². The quantitative estimate of drug-likeness (QED) is 0.712. The average Bonchev–Trinajstić information content (AvgIpc) is 2.66. The number of nitrogens with one attached hydrogen (secondary N) is 1. The molecule has 0 atom stereocenters. The minimum atomic E-state index is -0.648. The number of anilines is 1. The van der Waals surface area contributed by atoms with Crippen LogP contribution in [-0.2, 0) is 9.53 Å². The highest BCUT2D eigenvalue weighted by molar-refractivity contribution is 6.32. The summed E-state index contributed by atoms with van der Waals surface area (Å²) in [4.78, 5) is 32.2. The average molecular weight is 367 g/mol. The van der Waals surface area contributed by atoms with Crippen LogP contribution >= 0.6 is 11.6 Å². The number of amides is 1. The summed E-state index contributed by atoms with van der Waals surface area (Å²) in [5, 5.41) is 11.6. The van der Waals surface area contributed by atoms with E-state index < -0.39 is 18.5 Å². The Morgan fingerprint density at radius 1 is 1.12 bits per heavy atom. The maximum Gasteiger partial charge on any atom is 0.338 e. The Morgan fingerprint density at radius 3 is 2.62 bits per heavy atom. The molecule has 7 nitrogen and oxygen atoms in total. The number of carbonyl (C=O) groups is 2. The molecular formula is C18H11ClN4O3. The number of hydrogen-bond acceptors (Lipinski definition) is 6. The first kappa shape index (κ1) is 17.3. The number of nitriles is 1. The molecule has 0 unspecified atom stereocenters. The fraction of sp³-hybridized carbons (Fsp3) is 0.0556. The molecule has 8 heteroatoms. The zero-order valence-electron chi connectivity index (χ0n) is 13.3. The number of ether oxygens (including phenoxy) is 1. The van der Waals surface area contributed by atoms with Crippen molar-refractivity contribution in [2.75, 3.05) is 11.9 Å². The predicted octanol–water partition coefficient (Wildman–Crippen LogP) is 2.95. The van der Waals surface area contributed by atoms with E-state index in [0.29, 0.717) is 22.3 Å². The smallest absolute Gasteiger partial charge is 0.338 e. The van der Waals surface area contributed by atoms with Gasteiger partial charge >= 0.3 is 5.97 Å². The van der Waals surface area contributed by atoms with Crippen LogP contribution in [0.15, 0.2) is 48.8 Å². The Morgan fingerprint density at radius 2 is 1.88 bits per heavy atom. The van der Waals surface area contributed by atoms with Crippen LogP contribution < -0.4 is 5.32 Å². The molecule has 0 saturated carbocycles. The number of carbonyl (C=O) groups excluding carboxylic acids is 2. The molecule has 0 aliphatic carbocycles. The Bertz CT molecular complexity index is 1050. The first-order valence-corrected chi connectivity index (χ1v) is 7.82. The van der Waals surface area contributed by atoms with E-state index >= 15 is 0 Å². The van der Waals surface area contributed by atoms with Crippen molar-refractivity contribution in [1.82, 2.24) is 9.97 Å². The van der Waals surface area contributed by atoms with Crippen molar-refractivity contribution in [3.8, 4) is 6.07 Å². The van der Waals surface area contributed by atoms with Crippen LogP contribution in [0.3, 0.4) is 0 Å². The normalized spacial score (nSPS) is 10.2. The SMILES string of the molecule is N#Cc1ccc(NC(=O)COC(=O)c2ccc3nccnc3c2)cc1Cl. The van der Waals surface area contributed by atoms with Gasteiger partial charge in [-0.3, -0.25) is 14.8 Å². The minimum Gasteiger partial charge on any atom is -0.452 e. The fourth-order valence-corrected chi connectivity index (χ4v) is 2.41. The van der Waals surface area contributed by atoms with Gasteiger partial charge in [0.25, 0.3) is 5.91 Å². The van der Waals surface area contributed by atoms with Crippen LogP contribution in [0.5, 0.6) is 0 Å². The number of fused-ring (bicyclic) bond motifs is 1. The molecule has 2 aromatic carbocycles. The van der Waals surface area contributed by atoms with E-state index in [0.717, 1.165) is 0 Å². The van der Waals surface area contributed by atoms with Gasteiger partial charge in [0.05, 0.1) is 27.2 Å². The molecular weight excluding hydrogens is 356 g/mol. The van der Waals surface area contributed by atoms with Gasteiger partial charge < -0.3 is 10.1 Å². The van der Waals surface area contributed by atoms with Crippen LogP contribution in [0, 0.1) is 11.3 Å². The summed E-state index contributed by atoms with van der Waals surface area (Å²) in [5.74, 6) is -1.18. The summed E-state index contributed by atoms with van der Waals surface area (Å²) in [7, 11) is 0. The van der Waals surface area contributed by atoms with Gasteiger partial charge in [0, 0.05) is 18.1 Å². The molecule has 3 rings (SSSR count). The first-order chi connectivity index (χ1) is 12.6. The summed E-state index contributed by atoms with van der Waals surface area (Å²) < 4.78 is 5.00. The molecule has 1 aromatic heterocycles. The monoisotopic (exact) mass is 366 g/mol. The van der Waals surface area contributed by atoms with Gasteiger partial charge in [-0.1, -0.05) is 11.6 Å². The van der Waals surface area contributed by atoms with Gasteiger partial charge in [0.15, 0.2) is 6.61 Å². The van der Waals surface area contributed by atoms with Crippen molar-refractivity contribution in [3.63, 3.8) is 0 Å². The Balaban J connectivity index is 1.60. The third-order valence-electron chi connectivity index (χ3n) is 3.41. The molecule has 0 fully saturated rings. The van der Waals surface area contributed by atoms with Gasteiger partial charge in [-0.05, 0) is 36.4 Å². The second-order valence-electron chi connectivity index (χ2n) is 5.19. The fourth-order valence-electron chi connectivity index (χ4n) is 2.19. The largest absolute Gasteiger partial charge is 0.452 e. The van der Waals surface area contributed by atoms with Crippen molar-refractivity contribution in [2.45, 2.75) is 0 Å². The number of aromatic nitrogens is 2. The van der Waals surface area contributed by atoms with E-state index in [9.17, 15) is 9.59 Å². The number of benzene rings is 2. The third kappa shape index (κ3) is 3.94. The lowest BCUT2D eigenvalue weighted by Crippen LogP contribution is -2.21. The number of halogens is 1. The second-order valence-corrected chi connectivity index (χ2v) is 5.60. The van der Waals surface area contributed by atoms with Crippen molar-refractivity contribution in [1.29, 1.82) is 5.26 Å². The lowest BCUT2D eigenvalue weighted by molar-refractivity contribution is -0.119. The summed E-state index contributed by atoms with van der Waals surface area (Å²) in [6.07, 6.45) is 3.08. The van der Waals surface area contributed by atoms with Gasteiger partial charge in [-0.2, -0.15) is 5.26 Å². The topological polar surface area (TPSA) is 105 Å². The standard InChI is InChI=1S/C18H11ClN4O3/c19-14-8-13(3-1-12(14)9-20)23-17(24)10-26-18(25)11-2-4-15-16(7-11)22-6-5-21-15/h1-8H,10H2,(H,23,24). The van der Waals surface area contributed by atoms with E-state index in [4.69, 9.17) is 21.6 Å². The first-order valence-electron chi connectivity index (χ1n) is 7.44. The van der Waals surface area contributed by atoms with Crippen molar-refractivity contribution in [3.05, 3.63) is 64.9 Å². The zero-order valence-corrected chi connectivity index (χ0v) is 14.0. The van der Waals surface area contributed by atoms with Crippen LogP contribution in [-0.4, -0.2) is 28.5 Å². The van der Waals surface area contributed by atoms with E-state index in [1.807, 2.05) is 6.07 Å². The molecule has 26 heavy (non-hydrogen) atoms. The highest BCUT2D eigenvalue weighted by atomic mass is 35.5. The van der Waals surface area contributed by atoms with E-state index in [-0.39, 0.29) is 10.6 Å². The van der Waals surface area contributed by atoms with E-state index in [1.165, 1.54) is 24.4 Å². The lowest BCUT2D eigenvalue weighted by Gasteiger charge is -2.07. The van der Waals surface area contributed by atoms with Crippen LogP contribution in [0.4, 0.5) is 5.69 Å². The van der Waals surface area contributed by atoms with Gasteiger partial charge in [0.1, 0.15) is 6.07 Å². The van der Waals surface area contributed by atoms with Gasteiger partial charge in [0.2, 0.25) is 0 Å². The van der Waals surface area contributed by atoms with Crippen LogP contribution in [0.2, 0.25) is 5.02 Å². The molecule has 0 saturated heterocycles. The molecule has 1 heterocycles. The molecule has 0 radical (unpaired) electrons. The molecule has 1 amide bonds. The van der Waals surface area contributed by atoms with Gasteiger partial charge in [-0.15, -0.1) is 0 Å². The Labute approximate surface area is 153 Å². The number of rotatable bonds is 4. The molecule has 0 aliphatic rings. The van der Waals surface area contributed by atoms with E-state index in [1.54, 1.807) is 24.4 Å². The minimum absolute atomic E-state index is 0.222. The summed E-state index contributed by atoms with van der Waals surface area (Å²) in [6.45, 7) is -0.463. The summed E-state index contributed by atoms with van der Waals surface area (Å²) in [5.41, 5.74) is 2.18. The van der Waals surface area contributed by atoms with Gasteiger partial charge in [-0.25, -0.2) is 4.79 Å². The third-order valence-corrected chi connectivity index (χ3v) is 3.73. The summed E-state index contributed by atoms with van der Waals surface area (Å²) >= 11 is 5.90. The molecule has 0 bridgehead atoms. The van der Waals surface area contributed by atoms with Crippen LogP contribution in [0.25, 0.3) is 11.0 Å². The Kier molecular flexibility index (Phi) is 5.06. The molecule has 0 spiro atoms. The predicted molar refractivity (Wildman–Crippen MR) is 94.6 cm³/mol. The van der Waals surface area contributed by atoms with E-state index in [2.05, 4.69) is 15.3 Å². The van der Waals surface area contributed by atoms with Crippen molar-refractivity contribution >= 4 is 40.2 Å². The molecule has 128 valence electrons. The second kappa shape index (κ2) is 7.59.